The molecule has 2 N–H and O–H groups in total. The van der Waals surface area contributed by atoms with E-state index in [0.717, 1.165) is 11.6 Å². The lowest BCUT2D eigenvalue weighted by atomic mass is 10.1. The summed E-state index contributed by atoms with van der Waals surface area (Å²) in [6, 6.07) is 6.69. The number of hydrogen-bond donors (Lipinski definition) is 2. The number of ether oxygens (including phenoxy) is 1. The minimum absolute atomic E-state index is 0.194. The topological polar surface area (TPSA) is 75.6 Å². The van der Waals surface area contributed by atoms with E-state index in [0.29, 0.717) is 12.2 Å². The summed E-state index contributed by atoms with van der Waals surface area (Å²) >= 11 is 0. The van der Waals surface area contributed by atoms with Crippen LogP contribution < -0.4 is 5.32 Å². The molecule has 0 saturated carbocycles. The molecule has 20 heavy (non-hydrogen) atoms. The van der Waals surface area contributed by atoms with Crippen molar-refractivity contribution < 1.29 is 19.4 Å². The van der Waals surface area contributed by atoms with Gasteiger partial charge in [0.1, 0.15) is 0 Å². The van der Waals surface area contributed by atoms with Crippen molar-refractivity contribution >= 4 is 18.0 Å². The number of carboxylic acid groups (broad SMARTS) is 1. The fourth-order valence-corrected chi connectivity index (χ4v) is 1.69. The molecule has 5 nitrogen and oxygen atoms in total. The highest BCUT2D eigenvalue weighted by molar-refractivity contribution is 5.95. The number of hydrogen-bond acceptors (Lipinski definition) is 3. The molecule has 1 aromatic carbocycles. The molecule has 0 unspecified atom stereocenters. The number of methoxy groups -OCH3 is 1. The lowest BCUT2D eigenvalue weighted by Gasteiger charge is -2.25. The summed E-state index contributed by atoms with van der Waals surface area (Å²) in [6.45, 7) is 4.16. The van der Waals surface area contributed by atoms with E-state index in [-0.39, 0.29) is 5.91 Å². The summed E-state index contributed by atoms with van der Waals surface area (Å²) in [5, 5.41) is 11.4. The zero-order valence-corrected chi connectivity index (χ0v) is 11.8. The Morgan fingerprint density at radius 1 is 1.30 bits per heavy atom. The van der Waals surface area contributed by atoms with Gasteiger partial charge in [0.2, 0.25) is 0 Å². The van der Waals surface area contributed by atoms with Gasteiger partial charge >= 0.3 is 5.97 Å². The van der Waals surface area contributed by atoms with Crippen molar-refractivity contribution in [2.24, 2.45) is 0 Å². The Balaban J connectivity index is 2.73. The first-order valence-corrected chi connectivity index (χ1v) is 6.16. The van der Waals surface area contributed by atoms with Gasteiger partial charge in [0.05, 0.1) is 12.1 Å². The summed E-state index contributed by atoms with van der Waals surface area (Å²) in [7, 11) is 1.58. The van der Waals surface area contributed by atoms with Gasteiger partial charge in [-0.15, -0.1) is 0 Å². The molecule has 108 valence electrons. The normalized spacial score (nSPS) is 11.6. The zero-order chi connectivity index (χ0) is 15.2. The van der Waals surface area contributed by atoms with E-state index in [1.807, 2.05) is 13.8 Å². The average molecular weight is 277 g/mol. The van der Waals surface area contributed by atoms with Crippen LogP contribution in [0.15, 0.2) is 30.3 Å². The predicted molar refractivity (Wildman–Crippen MR) is 76.5 cm³/mol. The van der Waals surface area contributed by atoms with Crippen molar-refractivity contribution in [3.63, 3.8) is 0 Å². The van der Waals surface area contributed by atoms with E-state index >= 15 is 0 Å². The second-order valence-corrected chi connectivity index (χ2v) is 5.06. The molecule has 0 bridgehead atoms. The van der Waals surface area contributed by atoms with Gasteiger partial charge in [-0.1, -0.05) is 12.1 Å². The number of rotatable bonds is 6. The van der Waals surface area contributed by atoms with Crippen molar-refractivity contribution in [3.05, 3.63) is 41.5 Å². The van der Waals surface area contributed by atoms with E-state index in [9.17, 15) is 9.59 Å². The molecule has 1 rings (SSSR count). The van der Waals surface area contributed by atoms with Crippen LogP contribution in [0.4, 0.5) is 0 Å². The van der Waals surface area contributed by atoms with Gasteiger partial charge in [-0.2, -0.15) is 0 Å². The molecule has 0 aliphatic heterocycles. The number of carboxylic acids is 1. The molecule has 0 heterocycles. The van der Waals surface area contributed by atoms with Gasteiger partial charge < -0.3 is 15.2 Å². The third kappa shape index (κ3) is 5.24. The highest BCUT2D eigenvalue weighted by atomic mass is 16.5. The maximum absolute atomic E-state index is 12.0. The van der Waals surface area contributed by atoms with E-state index in [4.69, 9.17) is 9.84 Å². The number of carbonyl (C=O) groups is 2. The van der Waals surface area contributed by atoms with E-state index < -0.39 is 11.5 Å². The maximum Gasteiger partial charge on any atom is 0.328 e. The van der Waals surface area contributed by atoms with Crippen molar-refractivity contribution in [3.8, 4) is 0 Å². The van der Waals surface area contributed by atoms with Crippen LogP contribution in [0.2, 0.25) is 0 Å². The molecule has 0 atom stereocenters. The Morgan fingerprint density at radius 3 is 2.40 bits per heavy atom. The Kier molecular flexibility index (Phi) is 5.46. The van der Waals surface area contributed by atoms with Crippen LogP contribution in [0.25, 0.3) is 6.08 Å². The molecule has 1 amide bonds. The molecule has 0 aliphatic carbocycles. The Hall–Kier alpha value is -2.14. The van der Waals surface area contributed by atoms with Crippen LogP contribution in [0.1, 0.15) is 29.8 Å². The smallest absolute Gasteiger partial charge is 0.328 e. The molecule has 0 spiro atoms. The van der Waals surface area contributed by atoms with E-state index in [1.165, 1.54) is 6.08 Å². The third-order valence-electron chi connectivity index (χ3n) is 2.55. The monoisotopic (exact) mass is 277 g/mol. The van der Waals surface area contributed by atoms with Crippen molar-refractivity contribution in [1.29, 1.82) is 0 Å². The highest BCUT2D eigenvalue weighted by Gasteiger charge is 2.20. The Morgan fingerprint density at radius 2 is 1.90 bits per heavy atom. The molecular formula is C15H19NO4. The summed E-state index contributed by atoms with van der Waals surface area (Å²) < 4.78 is 5.04. The molecular weight excluding hydrogens is 258 g/mol. The van der Waals surface area contributed by atoms with Gasteiger partial charge in [0.25, 0.3) is 5.91 Å². The van der Waals surface area contributed by atoms with Crippen LogP contribution >= 0.6 is 0 Å². The van der Waals surface area contributed by atoms with Crippen LogP contribution in [0, 0.1) is 0 Å². The first-order valence-electron chi connectivity index (χ1n) is 6.16. The van der Waals surface area contributed by atoms with Gasteiger partial charge in [0, 0.05) is 18.7 Å². The standard InChI is InChI=1S/C15H19NO4/c1-15(2,10-20-3)16-14(19)12-7-4-11(5-8-12)6-9-13(17)18/h4-9H,10H2,1-3H3,(H,16,19)(H,17,18)/b9-6+. The summed E-state index contributed by atoms with van der Waals surface area (Å²) in [6.07, 6.45) is 2.52. The summed E-state index contributed by atoms with van der Waals surface area (Å²) in [5.41, 5.74) is 0.787. The SMILES string of the molecule is COCC(C)(C)NC(=O)c1ccc(/C=C/C(=O)O)cc1. The maximum atomic E-state index is 12.0. The van der Waals surface area contributed by atoms with Crippen LogP contribution in [0.3, 0.4) is 0 Å². The second kappa shape index (κ2) is 6.86. The van der Waals surface area contributed by atoms with E-state index in [2.05, 4.69) is 5.32 Å². The number of nitrogens with one attached hydrogen (secondary N) is 1. The highest BCUT2D eigenvalue weighted by Crippen LogP contribution is 2.09. The number of benzene rings is 1. The first-order chi connectivity index (χ1) is 9.34. The predicted octanol–water partition coefficient (Wildman–Crippen LogP) is 1.94. The van der Waals surface area contributed by atoms with Gasteiger partial charge in [-0.3, -0.25) is 4.79 Å². The molecule has 5 heteroatoms. The Labute approximate surface area is 118 Å². The van der Waals surface area contributed by atoms with Gasteiger partial charge in [-0.25, -0.2) is 4.79 Å². The molecule has 0 aliphatic rings. The Bertz CT molecular complexity index is 503. The molecule has 0 saturated heterocycles. The summed E-state index contributed by atoms with van der Waals surface area (Å²) in [5.74, 6) is -1.20. The molecule has 0 radical (unpaired) electrons. The van der Waals surface area contributed by atoms with Crippen molar-refractivity contribution in [2.75, 3.05) is 13.7 Å². The molecule has 0 fully saturated rings. The lowest BCUT2D eigenvalue weighted by Crippen LogP contribution is -2.46. The van der Waals surface area contributed by atoms with Gasteiger partial charge in [-0.05, 0) is 37.6 Å². The minimum atomic E-state index is -1.01. The first kappa shape index (κ1) is 15.9. The van der Waals surface area contributed by atoms with Crippen LogP contribution in [-0.4, -0.2) is 36.2 Å². The van der Waals surface area contributed by atoms with Gasteiger partial charge in [0.15, 0.2) is 0 Å². The van der Waals surface area contributed by atoms with E-state index in [1.54, 1.807) is 31.4 Å². The second-order valence-electron chi connectivity index (χ2n) is 5.06. The largest absolute Gasteiger partial charge is 0.478 e. The zero-order valence-electron chi connectivity index (χ0n) is 11.8. The number of amides is 1. The minimum Gasteiger partial charge on any atom is -0.478 e. The fourth-order valence-electron chi connectivity index (χ4n) is 1.69. The van der Waals surface area contributed by atoms with Crippen LogP contribution in [-0.2, 0) is 9.53 Å². The number of carbonyl (C=O) groups excluding carboxylic acids is 1. The third-order valence-corrected chi connectivity index (χ3v) is 2.55. The average Bonchev–Trinajstić information content (AvgIpc) is 2.36. The molecule has 1 aromatic rings. The fraction of sp³-hybridized carbons (Fsp3) is 0.333. The lowest BCUT2D eigenvalue weighted by molar-refractivity contribution is -0.131. The van der Waals surface area contributed by atoms with Crippen molar-refractivity contribution in [2.45, 2.75) is 19.4 Å². The summed E-state index contributed by atoms with van der Waals surface area (Å²) in [4.78, 5) is 22.4. The number of aliphatic carboxylic acids is 1. The quantitative estimate of drug-likeness (QED) is 0.779. The van der Waals surface area contributed by atoms with Crippen LogP contribution in [0.5, 0.6) is 0 Å². The molecule has 0 aromatic heterocycles. The van der Waals surface area contributed by atoms with Crippen molar-refractivity contribution in [1.82, 2.24) is 5.32 Å².